The number of nitrogens with zero attached hydrogens (tertiary/aromatic N) is 4. The van der Waals surface area contributed by atoms with E-state index in [9.17, 15) is 4.79 Å². The molecule has 6 nitrogen and oxygen atoms in total. The van der Waals surface area contributed by atoms with Crippen LogP contribution in [0.25, 0.3) is 16.7 Å². The van der Waals surface area contributed by atoms with E-state index < -0.39 is 0 Å². The van der Waals surface area contributed by atoms with E-state index in [0.717, 1.165) is 35.5 Å². The summed E-state index contributed by atoms with van der Waals surface area (Å²) in [6.07, 6.45) is 1.77. The average Bonchev–Trinajstić information content (AvgIpc) is 3.08. The number of imidazole rings is 1. The molecule has 0 bridgehead atoms. The number of likely N-dealkylation sites (N-methyl/N-ethyl adjacent to an activating group) is 2. The zero-order chi connectivity index (χ0) is 18.7. The zero-order valence-corrected chi connectivity index (χ0v) is 15.6. The fourth-order valence-electron chi connectivity index (χ4n) is 2.81. The van der Waals surface area contributed by atoms with Crippen LogP contribution in [0.5, 0.6) is 0 Å². The molecular weight excluding hydrogens is 328 g/mol. The number of carbonyl (C=O) groups excluding carboxylic acids is 1. The molecule has 3 aromatic rings. The van der Waals surface area contributed by atoms with Crippen molar-refractivity contribution in [3.05, 3.63) is 54.4 Å². The Labute approximate surface area is 153 Å². The lowest BCUT2D eigenvalue weighted by molar-refractivity contribution is 0.0601. The van der Waals surface area contributed by atoms with Crippen LogP contribution in [0.4, 0.5) is 5.69 Å². The van der Waals surface area contributed by atoms with Crippen LogP contribution in [0.2, 0.25) is 0 Å². The number of hydrogen-bond donors (Lipinski definition) is 0. The van der Waals surface area contributed by atoms with Crippen LogP contribution in [-0.2, 0) is 4.74 Å². The standard InChI is InChI=1S/C20H24N4O2/c1-22(2)11-12-23(3)16-6-8-17(9-7-16)24-14-21-18-10-5-15(13-19(18)24)20(25)26-4/h5-10,13-14H,11-12H2,1-4H3. The van der Waals surface area contributed by atoms with Gasteiger partial charge in [-0.15, -0.1) is 0 Å². The Balaban J connectivity index is 1.88. The molecular formula is C20H24N4O2. The smallest absolute Gasteiger partial charge is 0.337 e. The van der Waals surface area contributed by atoms with Gasteiger partial charge in [-0.05, 0) is 56.6 Å². The van der Waals surface area contributed by atoms with Crippen molar-refractivity contribution in [2.75, 3.05) is 46.2 Å². The lowest BCUT2D eigenvalue weighted by atomic mass is 10.2. The van der Waals surface area contributed by atoms with E-state index in [1.165, 1.54) is 7.11 Å². The molecule has 3 rings (SSSR count). The molecule has 0 aliphatic carbocycles. The Morgan fingerprint density at radius 2 is 1.81 bits per heavy atom. The van der Waals surface area contributed by atoms with Gasteiger partial charge < -0.3 is 14.5 Å². The van der Waals surface area contributed by atoms with Gasteiger partial charge in [-0.3, -0.25) is 4.57 Å². The highest BCUT2D eigenvalue weighted by Crippen LogP contribution is 2.22. The minimum atomic E-state index is -0.350. The van der Waals surface area contributed by atoms with E-state index in [-0.39, 0.29) is 5.97 Å². The molecule has 0 amide bonds. The summed E-state index contributed by atoms with van der Waals surface area (Å²) < 4.78 is 6.79. The molecule has 26 heavy (non-hydrogen) atoms. The minimum Gasteiger partial charge on any atom is -0.465 e. The third-order valence-electron chi connectivity index (χ3n) is 4.42. The molecule has 0 fully saturated rings. The number of ether oxygens (including phenoxy) is 1. The van der Waals surface area contributed by atoms with Gasteiger partial charge in [-0.2, -0.15) is 0 Å². The molecule has 1 heterocycles. The minimum absolute atomic E-state index is 0.350. The van der Waals surface area contributed by atoms with Crippen LogP contribution >= 0.6 is 0 Å². The number of rotatable bonds is 6. The van der Waals surface area contributed by atoms with Crippen molar-refractivity contribution in [2.24, 2.45) is 0 Å². The Hall–Kier alpha value is -2.86. The molecule has 0 spiro atoms. The molecule has 0 unspecified atom stereocenters. The van der Waals surface area contributed by atoms with E-state index >= 15 is 0 Å². The van der Waals surface area contributed by atoms with Gasteiger partial charge in [-0.1, -0.05) is 0 Å². The first kappa shape index (κ1) is 17.9. The quantitative estimate of drug-likeness (QED) is 0.639. The van der Waals surface area contributed by atoms with Gasteiger partial charge in [0.25, 0.3) is 0 Å². The Bertz CT molecular complexity index is 900. The predicted molar refractivity (Wildman–Crippen MR) is 104 cm³/mol. The summed E-state index contributed by atoms with van der Waals surface area (Å²) in [7, 11) is 7.62. The average molecular weight is 352 g/mol. The van der Waals surface area contributed by atoms with E-state index in [4.69, 9.17) is 4.74 Å². The van der Waals surface area contributed by atoms with E-state index in [1.54, 1.807) is 12.4 Å². The molecule has 0 N–H and O–H groups in total. The topological polar surface area (TPSA) is 50.6 Å². The van der Waals surface area contributed by atoms with Crippen molar-refractivity contribution in [1.29, 1.82) is 0 Å². The summed E-state index contributed by atoms with van der Waals surface area (Å²) in [5.41, 5.74) is 4.39. The molecule has 0 aliphatic heterocycles. The second-order valence-electron chi connectivity index (χ2n) is 6.55. The molecule has 136 valence electrons. The third kappa shape index (κ3) is 3.70. The maximum atomic E-state index is 11.8. The number of anilines is 1. The fourth-order valence-corrected chi connectivity index (χ4v) is 2.81. The molecule has 0 radical (unpaired) electrons. The van der Waals surface area contributed by atoms with Crippen LogP contribution in [-0.4, -0.2) is 61.8 Å². The van der Waals surface area contributed by atoms with Gasteiger partial charge in [-0.25, -0.2) is 9.78 Å². The van der Waals surface area contributed by atoms with Gasteiger partial charge in [0.15, 0.2) is 0 Å². The molecule has 1 aromatic heterocycles. The monoisotopic (exact) mass is 352 g/mol. The van der Waals surface area contributed by atoms with Crippen molar-refractivity contribution >= 4 is 22.7 Å². The number of hydrogen-bond acceptors (Lipinski definition) is 5. The zero-order valence-electron chi connectivity index (χ0n) is 15.6. The molecule has 6 heteroatoms. The first-order valence-corrected chi connectivity index (χ1v) is 8.51. The van der Waals surface area contributed by atoms with Crippen molar-refractivity contribution < 1.29 is 9.53 Å². The number of fused-ring (bicyclic) bond motifs is 1. The van der Waals surface area contributed by atoms with Gasteiger partial charge in [0.2, 0.25) is 0 Å². The summed E-state index contributed by atoms with van der Waals surface area (Å²) in [6.45, 7) is 1.96. The number of esters is 1. The largest absolute Gasteiger partial charge is 0.465 e. The van der Waals surface area contributed by atoms with Crippen LogP contribution in [0, 0.1) is 0 Å². The second-order valence-corrected chi connectivity index (χ2v) is 6.55. The van der Waals surface area contributed by atoms with Gasteiger partial charge >= 0.3 is 5.97 Å². The van der Waals surface area contributed by atoms with Crippen LogP contribution in [0.3, 0.4) is 0 Å². The Morgan fingerprint density at radius 1 is 1.08 bits per heavy atom. The van der Waals surface area contributed by atoms with Crippen LogP contribution in [0.1, 0.15) is 10.4 Å². The highest BCUT2D eigenvalue weighted by Gasteiger charge is 2.11. The highest BCUT2D eigenvalue weighted by molar-refractivity contribution is 5.94. The lowest BCUT2D eigenvalue weighted by Crippen LogP contribution is -2.28. The Kier molecular flexibility index (Phi) is 5.23. The highest BCUT2D eigenvalue weighted by atomic mass is 16.5. The third-order valence-corrected chi connectivity index (χ3v) is 4.42. The maximum absolute atomic E-state index is 11.8. The van der Waals surface area contributed by atoms with Crippen molar-refractivity contribution in [2.45, 2.75) is 0 Å². The van der Waals surface area contributed by atoms with Gasteiger partial charge in [0.1, 0.15) is 6.33 Å². The Morgan fingerprint density at radius 3 is 2.46 bits per heavy atom. The fraction of sp³-hybridized carbons (Fsp3) is 0.300. The first-order chi connectivity index (χ1) is 12.5. The van der Waals surface area contributed by atoms with Gasteiger partial charge in [0, 0.05) is 31.5 Å². The van der Waals surface area contributed by atoms with Crippen molar-refractivity contribution in [3.63, 3.8) is 0 Å². The molecule has 0 saturated carbocycles. The summed E-state index contributed by atoms with van der Waals surface area (Å²) >= 11 is 0. The SMILES string of the molecule is COC(=O)c1ccc2ncn(-c3ccc(N(C)CCN(C)C)cc3)c2c1. The molecule has 0 saturated heterocycles. The van der Waals surface area contributed by atoms with Crippen LogP contribution in [0.15, 0.2) is 48.8 Å². The summed E-state index contributed by atoms with van der Waals surface area (Å²) in [6, 6.07) is 13.7. The number of benzene rings is 2. The summed E-state index contributed by atoms with van der Waals surface area (Å²) in [5.74, 6) is -0.350. The van der Waals surface area contributed by atoms with Crippen LogP contribution < -0.4 is 4.90 Å². The van der Waals surface area contributed by atoms with E-state index in [1.807, 2.05) is 16.7 Å². The second kappa shape index (κ2) is 7.58. The molecule has 2 aromatic carbocycles. The van der Waals surface area contributed by atoms with Crippen molar-refractivity contribution in [1.82, 2.24) is 14.5 Å². The summed E-state index contributed by atoms with van der Waals surface area (Å²) in [4.78, 5) is 20.6. The number of methoxy groups -OCH3 is 1. The van der Waals surface area contributed by atoms with Crippen molar-refractivity contribution in [3.8, 4) is 5.69 Å². The van der Waals surface area contributed by atoms with Gasteiger partial charge in [0.05, 0.1) is 23.7 Å². The number of aromatic nitrogens is 2. The molecule has 0 aliphatic rings. The lowest BCUT2D eigenvalue weighted by Gasteiger charge is -2.21. The number of carbonyl (C=O) groups is 1. The maximum Gasteiger partial charge on any atom is 0.337 e. The molecule has 0 atom stereocenters. The normalized spacial score (nSPS) is 11.1. The first-order valence-electron chi connectivity index (χ1n) is 8.51. The van der Waals surface area contributed by atoms with E-state index in [2.05, 4.69) is 60.2 Å². The predicted octanol–water partition coefficient (Wildman–Crippen LogP) is 2.81. The van der Waals surface area contributed by atoms with E-state index in [0.29, 0.717) is 5.56 Å². The summed E-state index contributed by atoms with van der Waals surface area (Å²) in [5, 5.41) is 0.